The van der Waals surface area contributed by atoms with Crippen molar-refractivity contribution in [3.63, 3.8) is 0 Å². The number of carbonyl (C=O) groups excluding carboxylic acids is 1. The third-order valence-electron chi connectivity index (χ3n) is 5.44. The van der Waals surface area contributed by atoms with Crippen LogP contribution in [0.25, 0.3) is 0 Å². The fourth-order valence-electron chi connectivity index (χ4n) is 3.90. The predicted octanol–water partition coefficient (Wildman–Crippen LogP) is 4.65. The molecule has 1 amide bonds. The zero-order chi connectivity index (χ0) is 18.7. The van der Waals surface area contributed by atoms with E-state index >= 15 is 0 Å². The molecule has 1 saturated carbocycles. The standard InChI is InChI=1S/C20H26ClNO3S/c1-15-7-9-17(13-19(15)21)22(18-11-12-26(24,25)14-18)20(23)10-8-16-5-3-2-4-6-16/h7,9,11-13,16,18H,2-6,8,10,14H2,1H3/t18-/m1/s1. The minimum Gasteiger partial charge on any atom is -0.304 e. The van der Waals surface area contributed by atoms with Crippen LogP contribution in [0.3, 0.4) is 0 Å². The maximum absolute atomic E-state index is 13.0. The molecule has 0 aromatic heterocycles. The average Bonchev–Trinajstić information content (AvgIpc) is 2.97. The van der Waals surface area contributed by atoms with E-state index < -0.39 is 15.9 Å². The van der Waals surface area contributed by atoms with E-state index in [0.717, 1.165) is 12.0 Å². The molecule has 1 atom stereocenters. The molecule has 4 nitrogen and oxygen atoms in total. The van der Waals surface area contributed by atoms with Crippen LogP contribution in [0.15, 0.2) is 29.7 Å². The zero-order valence-electron chi connectivity index (χ0n) is 15.2. The molecule has 0 N–H and O–H groups in total. The SMILES string of the molecule is Cc1ccc(N(C(=O)CCC2CCCCC2)[C@@H]2C=CS(=O)(=O)C2)cc1Cl. The van der Waals surface area contributed by atoms with Gasteiger partial charge in [0, 0.05) is 22.5 Å². The Balaban J connectivity index is 1.79. The molecule has 3 rings (SSSR count). The molecule has 2 aliphatic rings. The van der Waals surface area contributed by atoms with Crippen LogP contribution in [0.1, 0.15) is 50.5 Å². The van der Waals surface area contributed by atoms with Crippen molar-refractivity contribution >= 4 is 33.0 Å². The van der Waals surface area contributed by atoms with Gasteiger partial charge in [0.05, 0.1) is 11.8 Å². The molecule has 1 aromatic rings. The number of aryl methyl sites for hydroxylation is 1. The third kappa shape index (κ3) is 4.68. The maximum atomic E-state index is 13.0. The summed E-state index contributed by atoms with van der Waals surface area (Å²) in [7, 11) is -3.24. The van der Waals surface area contributed by atoms with E-state index in [9.17, 15) is 13.2 Å². The lowest BCUT2D eigenvalue weighted by Gasteiger charge is -2.29. The summed E-state index contributed by atoms with van der Waals surface area (Å²) in [4.78, 5) is 14.7. The molecule has 0 radical (unpaired) electrons. The molecule has 26 heavy (non-hydrogen) atoms. The van der Waals surface area contributed by atoms with Crippen LogP contribution in [0, 0.1) is 12.8 Å². The molecule has 6 heteroatoms. The number of sulfone groups is 1. The number of nitrogens with zero attached hydrogens (tertiary/aromatic N) is 1. The zero-order valence-corrected chi connectivity index (χ0v) is 16.7. The van der Waals surface area contributed by atoms with Gasteiger partial charge in [-0.05, 0) is 43.0 Å². The number of amides is 1. The van der Waals surface area contributed by atoms with Crippen LogP contribution >= 0.6 is 11.6 Å². The minimum absolute atomic E-state index is 0.0257. The molecule has 1 fully saturated rings. The molecule has 1 aliphatic heterocycles. The number of rotatable bonds is 5. The number of hydrogen-bond donors (Lipinski definition) is 0. The first-order valence-corrected chi connectivity index (χ1v) is 11.4. The lowest BCUT2D eigenvalue weighted by Crippen LogP contribution is -2.41. The summed E-state index contributed by atoms with van der Waals surface area (Å²) in [6.45, 7) is 1.90. The highest BCUT2D eigenvalue weighted by Gasteiger charge is 2.31. The number of anilines is 1. The molecule has 0 saturated heterocycles. The van der Waals surface area contributed by atoms with Crippen LogP contribution in [0.2, 0.25) is 5.02 Å². The number of hydrogen-bond acceptors (Lipinski definition) is 3. The van der Waals surface area contributed by atoms with Crippen molar-refractivity contribution < 1.29 is 13.2 Å². The van der Waals surface area contributed by atoms with E-state index in [0.29, 0.717) is 23.0 Å². The molecule has 1 aromatic carbocycles. The van der Waals surface area contributed by atoms with Crippen LogP contribution in [0.5, 0.6) is 0 Å². The Bertz CT molecular complexity index is 797. The van der Waals surface area contributed by atoms with Crippen LogP contribution in [-0.4, -0.2) is 26.1 Å². The smallest absolute Gasteiger partial charge is 0.227 e. The van der Waals surface area contributed by atoms with Gasteiger partial charge in [0.15, 0.2) is 9.84 Å². The molecule has 0 bridgehead atoms. The van der Waals surface area contributed by atoms with Crippen molar-refractivity contribution in [2.24, 2.45) is 5.92 Å². The van der Waals surface area contributed by atoms with E-state index in [-0.39, 0.29) is 11.7 Å². The predicted molar refractivity (Wildman–Crippen MR) is 106 cm³/mol. The summed E-state index contributed by atoms with van der Waals surface area (Å²) in [6.07, 6.45) is 9.12. The van der Waals surface area contributed by atoms with Crippen molar-refractivity contribution in [3.05, 3.63) is 40.3 Å². The van der Waals surface area contributed by atoms with Crippen molar-refractivity contribution in [2.75, 3.05) is 10.7 Å². The summed E-state index contributed by atoms with van der Waals surface area (Å²) in [5.74, 6) is 0.523. The van der Waals surface area contributed by atoms with Crippen LogP contribution in [0.4, 0.5) is 5.69 Å². The highest BCUT2D eigenvalue weighted by molar-refractivity contribution is 7.94. The first-order valence-electron chi connectivity index (χ1n) is 9.35. The number of benzene rings is 1. The normalized spacial score (nSPS) is 22.5. The Kier molecular flexibility index (Phi) is 6.08. The van der Waals surface area contributed by atoms with E-state index in [1.807, 2.05) is 19.1 Å². The molecule has 0 unspecified atom stereocenters. The van der Waals surface area contributed by atoms with Gasteiger partial charge in [-0.1, -0.05) is 49.8 Å². The molecule has 1 heterocycles. The monoisotopic (exact) mass is 395 g/mol. The second-order valence-corrected chi connectivity index (χ2v) is 9.80. The maximum Gasteiger partial charge on any atom is 0.227 e. The summed E-state index contributed by atoms with van der Waals surface area (Å²) in [6, 6.07) is 5.01. The van der Waals surface area contributed by atoms with E-state index in [4.69, 9.17) is 11.6 Å². The molecule has 1 aliphatic carbocycles. The molecule has 0 spiro atoms. The highest BCUT2D eigenvalue weighted by Crippen LogP contribution is 2.31. The van der Waals surface area contributed by atoms with Crippen molar-refractivity contribution in [3.8, 4) is 0 Å². The summed E-state index contributed by atoms with van der Waals surface area (Å²) < 4.78 is 23.7. The van der Waals surface area contributed by atoms with Gasteiger partial charge in [-0.15, -0.1) is 0 Å². The number of halogens is 1. The Morgan fingerprint density at radius 1 is 1.23 bits per heavy atom. The largest absolute Gasteiger partial charge is 0.304 e. The van der Waals surface area contributed by atoms with Gasteiger partial charge in [0.1, 0.15) is 0 Å². The van der Waals surface area contributed by atoms with Crippen LogP contribution < -0.4 is 4.90 Å². The second kappa shape index (κ2) is 8.13. The van der Waals surface area contributed by atoms with Gasteiger partial charge in [0.2, 0.25) is 5.91 Å². The first kappa shape index (κ1) is 19.4. The third-order valence-corrected chi connectivity index (χ3v) is 7.22. The van der Waals surface area contributed by atoms with Gasteiger partial charge < -0.3 is 4.90 Å². The first-order chi connectivity index (χ1) is 12.4. The summed E-state index contributed by atoms with van der Waals surface area (Å²) in [5, 5.41) is 1.80. The van der Waals surface area contributed by atoms with Gasteiger partial charge in [-0.25, -0.2) is 8.42 Å². The van der Waals surface area contributed by atoms with Crippen molar-refractivity contribution in [1.82, 2.24) is 0 Å². The van der Waals surface area contributed by atoms with Gasteiger partial charge >= 0.3 is 0 Å². The van der Waals surface area contributed by atoms with Crippen LogP contribution in [-0.2, 0) is 14.6 Å². The Morgan fingerprint density at radius 3 is 2.58 bits per heavy atom. The highest BCUT2D eigenvalue weighted by atomic mass is 35.5. The fraction of sp³-hybridized carbons (Fsp3) is 0.550. The Hall–Kier alpha value is -1.33. The fourth-order valence-corrected chi connectivity index (χ4v) is 5.34. The Labute approximate surface area is 161 Å². The number of carbonyl (C=O) groups is 1. The van der Waals surface area contributed by atoms with Crippen molar-refractivity contribution in [1.29, 1.82) is 0 Å². The Morgan fingerprint density at radius 2 is 1.96 bits per heavy atom. The molecular formula is C20H26ClNO3S. The van der Waals surface area contributed by atoms with Crippen molar-refractivity contribution in [2.45, 2.75) is 57.9 Å². The summed E-state index contributed by atoms with van der Waals surface area (Å²) >= 11 is 6.25. The van der Waals surface area contributed by atoms with Gasteiger partial charge in [-0.2, -0.15) is 0 Å². The second-order valence-electron chi connectivity index (χ2n) is 7.47. The van der Waals surface area contributed by atoms with Gasteiger partial charge in [-0.3, -0.25) is 4.79 Å². The lowest BCUT2D eigenvalue weighted by atomic mass is 9.86. The van der Waals surface area contributed by atoms with E-state index in [1.54, 1.807) is 17.0 Å². The van der Waals surface area contributed by atoms with E-state index in [2.05, 4.69) is 0 Å². The average molecular weight is 396 g/mol. The quantitative estimate of drug-likeness (QED) is 0.728. The van der Waals surface area contributed by atoms with E-state index in [1.165, 1.54) is 37.5 Å². The molecular weight excluding hydrogens is 370 g/mol. The topological polar surface area (TPSA) is 54.5 Å². The van der Waals surface area contributed by atoms with Gasteiger partial charge in [0.25, 0.3) is 0 Å². The lowest BCUT2D eigenvalue weighted by molar-refractivity contribution is -0.119. The summed E-state index contributed by atoms with van der Waals surface area (Å²) in [5.41, 5.74) is 1.60. The minimum atomic E-state index is -3.24. The molecule has 142 valence electrons.